The zero-order valence-corrected chi connectivity index (χ0v) is 13.7. The van der Waals surface area contributed by atoms with Crippen molar-refractivity contribution in [3.8, 4) is 5.75 Å². The fraction of sp³-hybridized carbons (Fsp3) is 0.421. The summed E-state index contributed by atoms with van der Waals surface area (Å²) in [6.07, 6.45) is 4.07. The zero-order valence-electron chi connectivity index (χ0n) is 13.7. The van der Waals surface area contributed by atoms with Gasteiger partial charge >= 0.3 is 0 Å². The van der Waals surface area contributed by atoms with E-state index in [1.54, 1.807) is 12.1 Å². The number of benzene rings is 1. The smallest absolute Gasteiger partial charge is 0.128 e. The third kappa shape index (κ3) is 4.23. The molecular weight excluding hydrogens is 286 g/mol. The van der Waals surface area contributed by atoms with Crippen LogP contribution < -0.4 is 4.90 Å². The summed E-state index contributed by atoms with van der Waals surface area (Å²) < 4.78 is 0. The topological polar surface area (TPSA) is 39.6 Å². The SMILES string of the molecule is CC(CCc1ccc(O)cc1)N1CCN(c2ccccn2)CC1. The summed E-state index contributed by atoms with van der Waals surface area (Å²) >= 11 is 0. The van der Waals surface area contributed by atoms with Crippen LogP contribution in [0.4, 0.5) is 5.82 Å². The van der Waals surface area contributed by atoms with Crippen LogP contribution in [-0.2, 0) is 6.42 Å². The number of hydrogen-bond donors (Lipinski definition) is 1. The van der Waals surface area contributed by atoms with Crippen molar-refractivity contribution in [2.45, 2.75) is 25.8 Å². The molecule has 23 heavy (non-hydrogen) atoms. The molecule has 1 aromatic heterocycles. The van der Waals surface area contributed by atoms with Crippen LogP contribution in [0.1, 0.15) is 18.9 Å². The van der Waals surface area contributed by atoms with Gasteiger partial charge in [0.25, 0.3) is 0 Å². The van der Waals surface area contributed by atoms with Gasteiger partial charge in [-0.2, -0.15) is 0 Å². The Bertz CT molecular complexity index is 592. The van der Waals surface area contributed by atoms with Gasteiger partial charge in [0.15, 0.2) is 0 Å². The minimum Gasteiger partial charge on any atom is -0.508 e. The molecule has 2 aromatic rings. The lowest BCUT2D eigenvalue weighted by Gasteiger charge is -2.38. The van der Waals surface area contributed by atoms with Crippen molar-refractivity contribution < 1.29 is 5.11 Å². The molecule has 4 nitrogen and oxygen atoms in total. The first-order chi connectivity index (χ1) is 11.2. The van der Waals surface area contributed by atoms with Crippen molar-refractivity contribution in [3.05, 3.63) is 54.2 Å². The lowest BCUT2D eigenvalue weighted by atomic mass is 10.0. The molecule has 1 N–H and O–H groups in total. The second-order valence-electron chi connectivity index (χ2n) is 6.27. The number of aryl methyl sites for hydroxylation is 1. The molecule has 0 aliphatic carbocycles. The third-order valence-electron chi connectivity index (χ3n) is 4.70. The monoisotopic (exact) mass is 311 g/mol. The van der Waals surface area contributed by atoms with E-state index in [-0.39, 0.29) is 0 Å². The van der Waals surface area contributed by atoms with Crippen LogP contribution in [0.3, 0.4) is 0 Å². The summed E-state index contributed by atoms with van der Waals surface area (Å²) in [4.78, 5) is 9.38. The van der Waals surface area contributed by atoms with E-state index in [9.17, 15) is 5.11 Å². The minimum absolute atomic E-state index is 0.340. The highest BCUT2D eigenvalue weighted by atomic mass is 16.3. The van der Waals surface area contributed by atoms with E-state index in [1.165, 1.54) is 5.56 Å². The quantitative estimate of drug-likeness (QED) is 0.921. The number of phenols is 1. The molecule has 4 heteroatoms. The highest BCUT2D eigenvalue weighted by Crippen LogP contribution is 2.17. The molecule has 122 valence electrons. The van der Waals surface area contributed by atoms with Crippen LogP contribution in [0.2, 0.25) is 0 Å². The second kappa shape index (κ2) is 7.47. The van der Waals surface area contributed by atoms with E-state index in [0.717, 1.165) is 44.8 Å². The molecule has 0 amide bonds. The lowest BCUT2D eigenvalue weighted by molar-refractivity contribution is 0.188. The van der Waals surface area contributed by atoms with Crippen molar-refractivity contribution >= 4 is 5.82 Å². The molecule has 1 aliphatic rings. The van der Waals surface area contributed by atoms with Crippen molar-refractivity contribution in [3.63, 3.8) is 0 Å². The Morgan fingerprint density at radius 1 is 1.04 bits per heavy atom. The molecule has 1 atom stereocenters. The van der Waals surface area contributed by atoms with Crippen LogP contribution in [0.25, 0.3) is 0 Å². The van der Waals surface area contributed by atoms with Gasteiger partial charge in [-0.05, 0) is 49.6 Å². The van der Waals surface area contributed by atoms with Crippen molar-refractivity contribution in [1.82, 2.24) is 9.88 Å². The number of phenolic OH excluding ortho intramolecular Hbond substituents is 1. The van der Waals surface area contributed by atoms with Crippen LogP contribution in [0.5, 0.6) is 5.75 Å². The van der Waals surface area contributed by atoms with Crippen molar-refractivity contribution in [2.24, 2.45) is 0 Å². The Kier molecular flexibility index (Phi) is 5.13. The minimum atomic E-state index is 0.340. The molecule has 1 aliphatic heterocycles. The molecule has 0 radical (unpaired) electrons. The van der Waals surface area contributed by atoms with E-state index < -0.39 is 0 Å². The van der Waals surface area contributed by atoms with Crippen LogP contribution >= 0.6 is 0 Å². The summed E-state index contributed by atoms with van der Waals surface area (Å²) in [5, 5.41) is 9.34. The number of hydrogen-bond acceptors (Lipinski definition) is 4. The number of aromatic nitrogens is 1. The van der Waals surface area contributed by atoms with Gasteiger partial charge in [0, 0.05) is 38.4 Å². The summed E-state index contributed by atoms with van der Waals surface area (Å²) in [6, 6.07) is 14.2. The van der Waals surface area contributed by atoms with Crippen molar-refractivity contribution in [2.75, 3.05) is 31.1 Å². The van der Waals surface area contributed by atoms with E-state index in [0.29, 0.717) is 11.8 Å². The molecule has 2 heterocycles. The van der Waals surface area contributed by atoms with E-state index >= 15 is 0 Å². The first kappa shape index (κ1) is 15.8. The van der Waals surface area contributed by atoms with Crippen LogP contribution in [0, 0.1) is 0 Å². The van der Waals surface area contributed by atoms with Gasteiger partial charge in [-0.1, -0.05) is 18.2 Å². The van der Waals surface area contributed by atoms with Gasteiger partial charge in [0.05, 0.1) is 0 Å². The summed E-state index contributed by atoms with van der Waals surface area (Å²) in [7, 11) is 0. The van der Waals surface area contributed by atoms with Gasteiger partial charge in [0.2, 0.25) is 0 Å². The first-order valence-corrected chi connectivity index (χ1v) is 8.40. The average Bonchev–Trinajstić information content (AvgIpc) is 2.62. The Morgan fingerprint density at radius 2 is 1.78 bits per heavy atom. The fourth-order valence-electron chi connectivity index (χ4n) is 3.15. The summed E-state index contributed by atoms with van der Waals surface area (Å²) in [5.74, 6) is 1.43. The number of rotatable bonds is 5. The lowest BCUT2D eigenvalue weighted by Crippen LogP contribution is -2.50. The zero-order chi connectivity index (χ0) is 16.1. The van der Waals surface area contributed by atoms with E-state index in [2.05, 4.69) is 33.8 Å². The van der Waals surface area contributed by atoms with Crippen LogP contribution in [-0.4, -0.2) is 47.2 Å². The van der Waals surface area contributed by atoms with Gasteiger partial charge in [-0.3, -0.25) is 4.90 Å². The third-order valence-corrected chi connectivity index (χ3v) is 4.70. The first-order valence-electron chi connectivity index (χ1n) is 8.40. The predicted octanol–water partition coefficient (Wildman–Crippen LogP) is 2.93. The number of anilines is 1. The summed E-state index contributed by atoms with van der Waals surface area (Å²) in [6.45, 7) is 6.58. The van der Waals surface area contributed by atoms with Gasteiger partial charge in [-0.15, -0.1) is 0 Å². The molecule has 1 saturated heterocycles. The molecular formula is C19H25N3O. The number of nitrogens with zero attached hydrogens (tertiary/aromatic N) is 3. The predicted molar refractivity (Wildman–Crippen MR) is 93.9 cm³/mol. The van der Waals surface area contributed by atoms with Crippen molar-refractivity contribution in [1.29, 1.82) is 0 Å². The Balaban J connectivity index is 1.46. The Hall–Kier alpha value is -2.07. The average molecular weight is 311 g/mol. The van der Waals surface area contributed by atoms with E-state index in [1.807, 2.05) is 24.4 Å². The molecule has 3 rings (SSSR count). The molecule has 0 saturated carbocycles. The number of pyridine rings is 1. The largest absolute Gasteiger partial charge is 0.508 e. The van der Waals surface area contributed by atoms with E-state index in [4.69, 9.17) is 0 Å². The summed E-state index contributed by atoms with van der Waals surface area (Å²) in [5.41, 5.74) is 1.29. The Labute approximate surface area is 138 Å². The highest BCUT2D eigenvalue weighted by molar-refractivity contribution is 5.38. The van der Waals surface area contributed by atoms with Crippen LogP contribution in [0.15, 0.2) is 48.7 Å². The Morgan fingerprint density at radius 3 is 2.43 bits per heavy atom. The highest BCUT2D eigenvalue weighted by Gasteiger charge is 2.21. The molecule has 1 unspecified atom stereocenters. The maximum absolute atomic E-state index is 9.34. The van der Waals surface area contributed by atoms with Gasteiger partial charge in [0.1, 0.15) is 11.6 Å². The molecule has 1 fully saturated rings. The second-order valence-corrected chi connectivity index (χ2v) is 6.27. The molecule has 1 aromatic carbocycles. The maximum Gasteiger partial charge on any atom is 0.128 e. The fourth-order valence-corrected chi connectivity index (χ4v) is 3.15. The maximum atomic E-state index is 9.34. The number of piperazine rings is 1. The number of aromatic hydroxyl groups is 1. The molecule has 0 spiro atoms. The van der Waals surface area contributed by atoms with Gasteiger partial charge < -0.3 is 10.0 Å². The molecule has 0 bridgehead atoms. The van der Waals surface area contributed by atoms with Gasteiger partial charge in [-0.25, -0.2) is 4.98 Å². The normalized spacial score (nSPS) is 17.2. The standard InChI is InChI=1S/C19H25N3O/c1-16(5-6-17-7-9-18(23)10-8-17)21-12-14-22(15-13-21)19-4-2-3-11-20-19/h2-4,7-11,16,23H,5-6,12-15H2,1H3.